The van der Waals surface area contributed by atoms with E-state index in [0.29, 0.717) is 18.6 Å². The van der Waals surface area contributed by atoms with Gasteiger partial charge in [0.2, 0.25) is 6.29 Å². The van der Waals surface area contributed by atoms with Gasteiger partial charge in [-0.2, -0.15) is 13.1 Å². The molecule has 0 bridgehead atoms. The summed E-state index contributed by atoms with van der Waals surface area (Å²) in [5, 5.41) is 9.85. The van der Waals surface area contributed by atoms with E-state index in [4.69, 9.17) is 9.29 Å². The summed E-state index contributed by atoms with van der Waals surface area (Å²) in [6.07, 6.45) is 0.388. The quantitative estimate of drug-likeness (QED) is 0.557. The second kappa shape index (κ2) is 5.33. The van der Waals surface area contributed by atoms with E-state index in [9.17, 15) is 13.5 Å². The van der Waals surface area contributed by atoms with Gasteiger partial charge in [-0.25, -0.2) is 0 Å². The fraction of sp³-hybridized carbons (Fsp3) is 0.538. The molecule has 0 radical (unpaired) electrons. The zero-order chi connectivity index (χ0) is 15.0. The molecule has 0 aliphatic carbocycles. The molecule has 7 heteroatoms. The topological polar surface area (TPSA) is 95.9 Å². The van der Waals surface area contributed by atoms with Gasteiger partial charge in [0.1, 0.15) is 5.75 Å². The summed E-state index contributed by atoms with van der Waals surface area (Å²) in [6.45, 7) is 4.00. The standard InChI is InChI=1S/C13H19NO5S/c1-13(2)10-8-9(4-3-7-14-20(16,17)18)5-6-11(10)19-12(13)15/h5-6,8,12,14-15H,3-4,7H2,1-2H3,(H,16,17,18). The second-order valence-corrected chi connectivity index (χ2v) is 6.73. The van der Waals surface area contributed by atoms with Gasteiger partial charge in [0.25, 0.3) is 0 Å². The number of aryl methyl sites for hydroxylation is 1. The Balaban J connectivity index is 2.01. The predicted octanol–water partition coefficient (Wildman–Crippen LogP) is 1.00. The van der Waals surface area contributed by atoms with Gasteiger partial charge in [-0.1, -0.05) is 12.1 Å². The molecule has 0 saturated heterocycles. The molecule has 1 aromatic rings. The van der Waals surface area contributed by atoms with Gasteiger partial charge >= 0.3 is 10.3 Å². The molecule has 0 fully saturated rings. The fourth-order valence-electron chi connectivity index (χ4n) is 2.23. The van der Waals surface area contributed by atoms with E-state index in [0.717, 1.165) is 11.1 Å². The van der Waals surface area contributed by atoms with Crippen molar-refractivity contribution in [2.24, 2.45) is 0 Å². The third kappa shape index (κ3) is 3.29. The molecule has 20 heavy (non-hydrogen) atoms. The Morgan fingerprint density at radius 1 is 1.40 bits per heavy atom. The van der Waals surface area contributed by atoms with Crippen LogP contribution in [-0.2, 0) is 22.1 Å². The lowest BCUT2D eigenvalue weighted by Crippen LogP contribution is -2.31. The highest BCUT2D eigenvalue weighted by atomic mass is 32.2. The average molecular weight is 301 g/mol. The number of benzene rings is 1. The summed E-state index contributed by atoms with van der Waals surface area (Å²) in [5.74, 6) is 0.683. The van der Waals surface area contributed by atoms with Crippen molar-refractivity contribution in [2.45, 2.75) is 38.4 Å². The van der Waals surface area contributed by atoms with Crippen LogP contribution in [0.5, 0.6) is 5.75 Å². The number of nitrogens with one attached hydrogen (secondary N) is 1. The summed E-state index contributed by atoms with van der Waals surface area (Å²) < 4.78 is 37.0. The minimum Gasteiger partial charge on any atom is -0.464 e. The number of aliphatic hydroxyl groups is 1. The molecule has 2 rings (SSSR count). The lowest BCUT2D eigenvalue weighted by molar-refractivity contribution is -0.0450. The van der Waals surface area contributed by atoms with Crippen LogP contribution in [0.1, 0.15) is 31.4 Å². The van der Waals surface area contributed by atoms with Gasteiger partial charge < -0.3 is 9.84 Å². The van der Waals surface area contributed by atoms with E-state index in [-0.39, 0.29) is 6.54 Å². The summed E-state index contributed by atoms with van der Waals surface area (Å²) in [6, 6.07) is 5.68. The molecule has 1 unspecified atom stereocenters. The van der Waals surface area contributed by atoms with Gasteiger partial charge in [0.05, 0.1) is 5.41 Å². The number of rotatable bonds is 5. The zero-order valence-corrected chi connectivity index (χ0v) is 12.3. The monoisotopic (exact) mass is 301 g/mol. The highest BCUT2D eigenvalue weighted by Gasteiger charge is 2.40. The largest absolute Gasteiger partial charge is 0.464 e. The van der Waals surface area contributed by atoms with Crippen molar-refractivity contribution in [3.8, 4) is 5.75 Å². The first kappa shape index (κ1) is 15.2. The van der Waals surface area contributed by atoms with Crippen molar-refractivity contribution in [1.29, 1.82) is 0 Å². The second-order valence-electron chi connectivity index (χ2n) is 5.50. The van der Waals surface area contributed by atoms with E-state index >= 15 is 0 Å². The molecule has 1 aliphatic rings. The van der Waals surface area contributed by atoms with E-state index < -0.39 is 22.0 Å². The van der Waals surface area contributed by atoms with Crippen LogP contribution in [0.4, 0.5) is 0 Å². The molecule has 6 nitrogen and oxygen atoms in total. The van der Waals surface area contributed by atoms with Gasteiger partial charge in [-0.05, 0) is 38.3 Å². The van der Waals surface area contributed by atoms with Crippen LogP contribution >= 0.6 is 0 Å². The first-order valence-electron chi connectivity index (χ1n) is 6.40. The Morgan fingerprint density at radius 3 is 2.75 bits per heavy atom. The molecular weight excluding hydrogens is 282 g/mol. The van der Waals surface area contributed by atoms with E-state index in [2.05, 4.69) is 0 Å². The Labute approximate surface area is 118 Å². The van der Waals surface area contributed by atoms with Crippen LogP contribution in [0.15, 0.2) is 18.2 Å². The van der Waals surface area contributed by atoms with Crippen LogP contribution in [0.3, 0.4) is 0 Å². The SMILES string of the molecule is CC1(C)c2cc(CCCNS(=O)(=O)O)ccc2OC1O. The third-order valence-corrected chi connectivity index (χ3v) is 4.09. The molecule has 0 aromatic heterocycles. The number of hydrogen-bond acceptors (Lipinski definition) is 4. The lowest BCUT2D eigenvalue weighted by Gasteiger charge is -2.20. The fourth-order valence-corrected chi connectivity index (χ4v) is 2.64. The Bertz CT molecular complexity index is 597. The molecule has 112 valence electrons. The van der Waals surface area contributed by atoms with Crippen LogP contribution in [0.2, 0.25) is 0 Å². The normalized spacial score (nSPS) is 20.5. The van der Waals surface area contributed by atoms with Crippen LogP contribution < -0.4 is 9.46 Å². The molecule has 1 heterocycles. The van der Waals surface area contributed by atoms with Gasteiger partial charge in [-0.15, -0.1) is 0 Å². The average Bonchev–Trinajstić information content (AvgIpc) is 2.55. The molecule has 0 saturated carbocycles. The highest BCUT2D eigenvalue weighted by Crippen LogP contribution is 2.42. The van der Waals surface area contributed by atoms with Crippen molar-refractivity contribution in [3.05, 3.63) is 29.3 Å². The molecule has 1 aromatic carbocycles. The van der Waals surface area contributed by atoms with Crippen LogP contribution in [0, 0.1) is 0 Å². The van der Waals surface area contributed by atoms with E-state index in [1.54, 1.807) is 0 Å². The Hall–Kier alpha value is -1.15. The summed E-state index contributed by atoms with van der Waals surface area (Å²) >= 11 is 0. The van der Waals surface area contributed by atoms with Crippen molar-refractivity contribution in [1.82, 2.24) is 4.72 Å². The van der Waals surface area contributed by atoms with Gasteiger partial charge in [0, 0.05) is 12.1 Å². The maximum atomic E-state index is 10.5. The maximum absolute atomic E-state index is 10.5. The van der Waals surface area contributed by atoms with E-state index in [1.165, 1.54) is 0 Å². The third-order valence-electron chi connectivity index (χ3n) is 3.52. The number of hydrogen-bond donors (Lipinski definition) is 3. The van der Waals surface area contributed by atoms with Crippen molar-refractivity contribution >= 4 is 10.3 Å². The first-order valence-corrected chi connectivity index (χ1v) is 7.84. The first-order chi connectivity index (χ1) is 9.20. The zero-order valence-electron chi connectivity index (χ0n) is 11.5. The predicted molar refractivity (Wildman–Crippen MR) is 74.0 cm³/mol. The molecule has 0 spiro atoms. The highest BCUT2D eigenvalue weighted by molar-refractivity contribution is 7.83. The number of aliphatic hydroxyl groups excluding tert-OH is 1. The summed E-state index contributed by atoms with van der Waals surface area (Å²) in [4.78, 5) is 0. The summed E-state index contributed by atoms with van der Waals surface area (Å²) in [5.41, 5.74) is 1.52. The molecular formula is C13H19NO5S. The molecule has 1 atom stereocenters. The van der Waals surface area contributed by atoms with E-state index in [1.807, 2.05) is 36.8 Å². The Kier molecular flexibility index (Phi) is 4.06. The van der Waals surface area contributed by atoms with Gasteiger partial charge in [0.15, 0.2) is 0 Å². The van der Waals surface area contributed by atoms with Crippen molar-refractivity contribution < 1.29 is 22.8 Å². The van der Waals surface area contributed by atoms with Crippen LogP contribution in [0.25, 0.3) is 0 Å². The maximum Gasteiger partial charge on any atom is 0.333 e. The van der Waals surface area contributed by atoms with Crippen molar-refractivity contribution in [2.75, 3.05) is 6.54 Å². The lowest BCUT2D eigenvalue weighted by atomic mass is 9.84. The number of fused-ring (bicyclic) bond motifs is 1. The smallest absolute Gasteiger partial charge is 0.333 e. The minimum absolute atomic E-state index is 0.179. The summed E-state index contributed by atoms with van der Waals surface area (Å²) in [7, 11) is -4.12. The number of ether oxygens (including phenoxy) is 1. The van der Waals surface area contributed by atoms with Gasteiger partial charge in [-0.3, -0.25) is 4.55 Å². The van der Waals surface area contributed by atoms with Crippen LogP contribution in [-0.4, -0.2) is 30.9 Å². The minimum atomic E-state index is -4.12. The molecule has 1 aliphatic heterocycles. The Morgan fingerprint density at radius 2 is 2.10 bits per heavy atom. The molecule has 3 N–H and O–H groups in total. The molecule has 0 amide bonds. The van der Waals surface area contributed by atoms with Crippen molar-refractivity contribution in [3.63, 3.8) is 0 Å².